The van der Waals surface area contributed by atoms with Crippen molar-refractivity contribution in [3.05, 3.63) is 0 Å². The van der Waals surface area contributed by atoms with Crippen LogP contribution in [-0.4, -0.2) is 169 Å². The summed E-state index contributed by atoms with van der Waals surface area (Å²) in [7, 11) is 0. The Balaban J connectivity index is 7.38. The lowest BCUT2D eigenvalue weighted by atomic mass is 9.87. The zero-order valence-electron chi connectivity index (χ0n) is 58.6. The van der Waals surface area contributed by atoms with Crippen LogP contribution in [0.5, 0.6) is 0 Å². The summed E-state index contributed by atoms with van der Waals surface area (Å²) >= 11 is 0. The molecule has 0 aromatic carbocycles. The summed E-state index contributed by atoms with van der Waals surface area (Å²) in [6, 6.07) is -4.08. The van der Waals surface area contributed by atoms with E-state index in [0.717, 1.165) is 0 Å². The normalized spacial score (nSPS) is 14.4. The second-order valence-corrected chi connectivity index (χ2v) is 26.6. The number of nitrogens with two attached hydrogens (primary N) is 6. The molecule has 0 radical (unpaired) electrons. The third kappa shape index (κ3) is 42.3. The van der Waals surface area contributed by atoms with Crippen LogP contribution >= 0.6 is 0 Å². The Morgan fingerprint density at radius 3 is 1.24 bits per heavy atom. The Hall–Kier alpha value is -8.03. The number of Topliss-reactive ketones (excluding diaryl/α,β-unsaturated/α-hetero) is 4. The van der Waals surface area contributed by atoms with Gasteiger partial charge in [0.25, 0.3) is 0 Å². The molecule has 0 heterocycles. The number of hydrogen-bond acceptors (Lipinski definition) is 17. The molecule has 0 aromatic heterocycles. The lowest BCUT2D eigenvalue weighted by Gasteiger charge is -2.28. The van der Waals surface area contributed by atoms with Crippen LogP contribution in [0.2, 0.25) is 0 Å². The number of primary amides is 1. The van der Waals surface area contributed by atoms with E-state index in [1.807, 2.05) is 41.5 Å². The summed E-state index contributed by atoms with van der Waals surface area (Å²) in [4.78, 5) is 151. The first-order valence-corrected chi connectivity index (χ1v) is 34.4. The predicted molar refractivity (Wildman–Crippen MR) is 371 cm³/mol. The molecule has 554 valence electrons. The third-order valence-electron chi connectivity index (χ3n) is 16.6. The molecule has 0 aliphatic heterocycles. The second kappa shape index (κ2) is 50.3. The Morgan fingerprint density at radius 1 is 0.402 bits per heavy atom. The van der Waals surface area contributed by atoms with Gasteiger partial charge in [-0.3, -0.25) is 74.4 Å². The molecular weight excluding hydrogens is 1250 g/mol. The van der Waals surface area contributed by atoms with Gasteiger partial charge < -0.3 is 92.5 Å². The fraction of sp³-hybridized carbons (Fsp3) is 0.769. The molecule has 0 rings (SSSR count). The van der Waals surface area contributed by atoms with Crippen LogP contribution in [0.4, 0.5) is 0 Å². The largest absolute Gasteiger partial charge is 0.481 e. The molecule has 0 unspecified atom stereocenters. The lowest BCUT2D eigenvalue weighted by molar-refractivity contribution is -0.138. The number of amides is 6. The first-order valence-electron chi connectivity index (χ1n) is 34.4. The summed E-state index contributed by atoms with van der Waals surface area (Å²) in [6.07, 6.45) is 2.44. The van der Waals surface area contributed by atoms with E-state index < -0.39 is 150 Å². The number of aliphatic hydroxyl groups is 1. The number of carbonyl (C=O) groups excluding carboxylic acids is 10. The first-order chi connectivity index (χ1) is 45.6. The van der Waals surface area contributed by atoms with Gasteiger partial charge in [-0.25, -0.2) is 0 Å². The first kappa shape index (κ1) is 89.0. The molecule has 0 saturated heterocycles. The highest BCUT2D eigenvalue weighted by molar-refractivity contribution is 5.97. The van der Waals surface area contributed by atoms with Gasteiger partial charge in [0.1, 0.15) is 0 Å². The van der Waals surface area contributed by atoms with Crippen LogP contribution < -0.4 is 82.3 Å². The molecule has 0 aliphatic carbocycles. The van der Waals surface area contributed by atoms with Crippen molar-refractivity contribution in [2.24, 2.45) is 87.7 Å². The van der Waals surface area contributed by atoms with Crippen molar-refractivity contribution in [1.29, 1.82) is 21.6 Å². The molecule has 0 aliphatic rings. The zero-order valence-corrected chi connectivity index (χ0v) is 58.6. The zero-order chi connectivity index (χ0) is 73.7. The number of aliphatic hydroxyl groups excluding tert-OH is 1. The number of aliphatic carboxylic acids is 1. The molecule has 0 spiro atoms. The Labute approximate surface area is 572 Å². The molecule has 6 amide bonds. The molecule has 0 bridgehead atoms. The van der Waals surface area contributed by atoms with Crippen molar-refractivity contribution >= 4 is 88.4 Å². The number of rotatable bonds is 57. The number of nitrogens with one attached hydrogen (secondary N) is 13. The fourth-order valence-corrected chi connectivity index (χ4v) is 11.3. The lowest BCUT2D eigenvalue weighted by Crippen LogP contribution is -2.48. The maximum absolute atomic E-state index is 14.9. The van der Waals surface area contributed by atoms with E-state index in [-0.39, 0.29) is 171 Å². The number of guanidine groups is 4. The minimum Gasteiger partial charge on any atom is -0.481 e. The summed E-state index contributed by atoms with van der Waals surface area (Å²) in [5.74, 6) is -13.6. The van der Waals surface area contributed by atoms with Crippen molar-refractivity contribution in [2.75, 3.05) is 45.9 Å². The van der Waals surface area contributed by atoms with E-state index in [1.54, 1.807) is 6.92 Å². The number of carboxylic acid groups (broad SMARTS) is 1. The molecule has 97 heavy (non-hydrogen) atoms. The van der Waals surface area contributed by atoms with Crippen LogP contribution in [0.25, 0.3) is 0 Å². The van der Waals surface area contributed by atoms with Crippen LogP contribution in [-0.2, 0) is 52.7 Å². The maximum Gasteiger partial charge on any atom is 0.303 e. The van der Waals surface area contributed by atoms with E-state index in [0.29, 0.717) is 38.5 Å². The van der Waals surface area contributed by atoms with Gasteiger partial charge in [0.05, 0.1) is 37.2 Å². The van der Waals surface area contributed by atoms with Crippen molar-refractivity contribution in [3.8, 4) is 0 Å². The van der Waals surface area contributed by atoms with Gasteiger partial charge in [-0.15, -0.1) is 0 Å². The highest BCUT2D eigenvalue weighted by Gasteiger charge is 2.35. The van der Waals surface area contributed by atoms with Gasteiger partial charge in [-0.1, -0.05) is 54.9 Å². The summed E-state index contributed by atoms with van der Waals surface area (Å²) in [5, 5.41) is 74.8. The Morgan fingerprint density at radius 2 is 0.804 bits per heavy atom. The van der Waals surface area contributed by atoms with E-state index in [9.17, 15) is 57.8 Å². The predicted octanol–water partition coefficient (Wildman–Crippen LogP) is 0.429. The molecule has 0 fully saturated rings. The number of hydrogen-bond donors (Lipinski definition) is 21. The van der Waals surface area contributed by atoms with Crippen molar-refractivity contribution in [1.82, 2.24) is 47.9 Å². The number of ketones is 4. The fourth-order valence-electron chi connectivity index (χ4n) is 11.3. The van der Waals surface area contributed by atoms with Crippen LogP contribution in [0.3, 0.4) is 0 Å². The van der Waals surface area contributed by atoms with E-state index in [1.165, 1.54) is 0 Å². The van der Waals surface area contributed by atoms with Gasteiger partial charge in [-0.2, -0.15) is 0 Å². The molecule has 32 heteroatoms. The number of carboxylic acids is 1. The standard InChI is InChI=1S/C65H121N19O13/c1-8-41(21-23-55(90)91)57(93)80-36-48(86)32-45(30-39(4)5)61(97)83-50(19-14-28-79-65(74)75)52(87)33-42(15-9-10-24-66)59(95)82-49(18-13-27-78-64(72)73)53(88)34-43(16-11-25-76-62(68)69)58(94)81-47(17-12-26-77-63(70)71)22-20-44(29-38(2)3)60(96)84-51(31-40(6)7)54(89)35-46(37-85)56(67)92/h38-47,49-51,85H,8-37,66H2,1-7H3,(H2,67,92)(H,80,93)(H,81,94)(H,82,95)(H,83,97)(H,84,96)(H,90,91)(H4,68,69,76)(H4,70,71,77)(H4,72,73,78)(H4,74,75,79)/t41-,42+,43+,44-,45+,46-,47-,49-,50-,51-/m0/s1. The van der Waals surface area contributed by atoms with Gasteiger partial charge in [-0.05, 0) is 133 Å². The Bertz CT molecular complexity index is 2540. The topological polar surface area (TPSA) is 588 Å². The minimum atomic E-state index is -1.26. The highest BCUT2D eigenvalue weighted by atomic mass is 16.4. The third-order valence-corrected chi connectivity index (χ3v) is 16.6. The molecule has 10 atom stereocenters. The number of carbonyl (C=O) groups is 11. The van der Waals surface area contributed by atoms with Crippen molar-refractivity contribution in [2.45, 2.75) is 220 Å². The van der Waals surface area contributed by atoms with E-state index >= 15 is 0 Å². The summed E-state index contributed by atoms with van der Waals surface area (Å²) in [6.45, 7) is 12.9. The monoisotopic (exact) mass is 1380 g/mol. The molecule has 32 nitrogen and oxygen atoms in total. The van der Waals surface area contributed by atoms with Gasteiger partial charge in [0.15, 0.2) is 47.0 Å². The van der Waals surface area contributed by atoms with Gasteiger partial charge >= 0.3 is 5.97 Å². The summed E-state index contributed by atoms with van der Waals surface area (Å²) < 4.78 is 0. The van der Waals surface area contributed by atoms with Crippen LogP contribution in [0, 0.1) is 74.9 Å². The van der Waals surface area contributed by atoms with Crippen molar-refractivity contribution in [3.63, 3.8) is 0 Å². The number of unbranched alkanes of at least 4 members (excludes halogenated alkanes) is 1. The van der Waals surface area contributed by atoms with Gasteiger partial charge in [0.2, 0.25) is 35.4 Å². The van der Waals surface area contributed by atoms with E-state index in [2.05, 4.69) is 47.9 Å². The minimum absolute atomic E-state index is 0.00824. The van der Waals surface area contributed by atoms with Crippen LogP contribution in [0.15, 0.2) is 0 Å². The summed E-state index contributed by atoms with van der Waals surface area (Å²) in [5.41, 5.74) is 33.6. The Kier molecular flexibility index (Phi) is 46.2. The molecular formula is C65H121N19O13. The molecule has 0 saturated carbocycles. The molecule has 27 N–H and O–H groups in total. The van der Waals surface area contributed by atoms with Crippen LogP contribution in [0.1, 0.15) is 196 Å². The van der Waals surface area contributed by atoms with Crippen molar-refractivity contribution < 1.29 is 63.0 Å². The SMILES string of the molecule is CC[C@@H](CCC(=O)O)C(=O)NCC(=O)C[C@@H](CC(C)C)C(=O)N[C@@H](CCCNC(=N)N)C(=O)C[C@@H](CCCCN)C(=O)N[C@@H](CCCNC(=N)N)C(=O)C[C@@H](CCCNC(=N)N)C(=O)N[C@@H](CCCNC(=N)N)CC[C@@H](CC(C)C)C(=O)N[C@@H](CC(C)C)C(=O)C[C@@H](CO)C(N)=O. The van der Waals surface area contributed by atoms with Gasteiger partial charge in [0, 0.05) is 93.9 Å². The second-order valence-electron chi connectivity index (χ2n) is 26.6. The average Bonchev–Trinajstić information content (AvgIpc) is 0.914. The van der Waals surface area contributed by atoms with E-state index in [4.69, 9.17) is 61.1 Å². The smallest absolute Gasteiger partial charge is 0.303 e. The highest BCUT2D eigenvalue weighted by Crippen LogP contribution is 2.25. The quantitative estimate of drug-likeness (QED) is 0.0223. The molecule has 0 aromatic rings. The maximum atomic E-state index is 14.9. The average molecular weight is 1380 g/mol.